The van der Waals surface area contributed by atoms with E-state index in [-0.39, 0.29) is 21.7 Å². The van der Waals surface area contributed by atoms with Crippen LogP contribution in [0.2, 0.25) is 0 Å². The van der Waals surface area contributed by atoms with Crippen molar-refractivity contribution in [2.24, 2.45) is 0 Å². The molecule has 0 fully saturated rings. The largest absolute Gasteiger partial charge is 0.219 e. The molecule has 0 amide bonds. The molecule has 0 radical (unpaired) electrons. The number of pyridine rings is 1. The number of rotatable bonds is 2. The van der Waals surface area contributed by atoms with Crippen LogP contribution in [0.25, 0.3) is 11.6 Å². The average molecular weight is 436 g/mol. The van der Waals surface area contributed by atoms with Gasteiger partial charge in [0.05, 0.1) is 22.8 Å². The molecule has 0 bridgehead atoms. The molecule has 3 aromatic heterocycles. The molecule has 0 aromatic carbocycles. The zero-order valence-electron chi connectivity index (χ0n) is 22.1. The van der Waals surface area contributed by atoms with Gasteiger partial charge in [-0.2, -0.15) is 10.2 Å². The SMILES string of the molecule is CC(C)(C)c1cc(C(C)(C)C)n(-c2cccc(-n3nc(C(C)(C)C)cc3C(C)(C)C)n2)n1. The summed E-state index contributed by atoms with van der Waals surface area (Å²) in [4.78, 5) is 5.05. The van der Waals surface area contributed by atoms with Crippen LogP contribution in [-0.4, -0.2) is 24.5 Å². The van der Waals surface area contributed by atoms with E-state index in [0.717, 1.165) is 34.4 Å². The van der Waals surface area contributed by atoms with E-state index < -0.39 is 0 Å². The molecule has 174 valence electrons. The minimum atomic E-state index is -0.0597. The molecule has 0 saturated heterocycles. The Morgan fingerprint density at radius 1 is 0.531 bits per heavy atom. The lowest BCUT2D eigenvalue weighted by Gasteiger charge is -2.21. The lowest BCUT2D eigenvalue weighted by Crippen LogP contribution is -2.20. The van der Waals surface area contributed by atoms with E-state index in [1.165, 1.54) is 0 Å². The molecule has 32 heavy (non-hydrogen) atoms. The van der Waals surface area contributed by atoms with Gasteiger partial charge < -0.3 is 0 Å². The molecule has 0 unspecified atom stereocenters. The van der Waals surface area contributed by atoms with Crippen molar-refractivity contribution in [1.29, 1.82) is 0 Å². The molecule has 0 aliphatic heterocycles. The summed E-state index contributed by atoms with van der Waals surface area (Å²) in [6.07, 6.45) is 0. The summed E-state index contributed by atoms with van der Waals surface area (Å²) < 4.78 is 4.02. The van der Waals surface area contributed by atoms with Crippen molar-refractivity contribution in [3.63, 3.8) is 0 Å². The van der Waals surface area contributed by atoms with E-state index in [2.05, 4.69) is 95.2 Å². The predicted octanol–water partition coefficient (Wildman–Crippen LogP) is 6.64. The highest BCUT2D eigenvalue weighted by atomic mass is 15.4. The van der Waals surface area contributed by atoms with Gasteiger partial charge in [0.25, 0.3) is 0 Å². The van der Waals surface area contributed by atoms with Gasteiger partial charge in [0.1, 0.15) is 0 Å². The number of nitrogens with zero attached hydrogens (tertiary/aromatic N) is 5. The van der Waals surface area contributed by atoms with E-state index in [9.17, 15) is 0 Å². The van der Waals surface area contributed by atoms with Gasteiger partial charge >= 0.3 is 0 Å². The van der Waals surface area contributed by atoms with Gasteiger partial charge in [-0.3, -0.25) is 0 Å². The predicted molar refractivity (Wildman–Crippen MR) is 133 cm³/mol. The fraction of sp³-hybridized carbons (Fsp3) is 0.593. The molecule has 0 aliphatic carbocycles. The number of hydrogen-bond acceptors (Lipinski definition) is 3. The molecule has 0 saturated carbocycles. The van der Waals surface area contributed by atoms with Crippen LogP contribution in [0.5, 0.6) is 0 Å². The van der Waals surface area contributed by atoms with E-state index in [0.29, 0.717) is 0 Å². The zero-order chi connectivity index (χ0) is 24.3. The monoisotopic (exact) mass is 435 g/mol. The van der Waals surface area contributed by atoms with Crippen LogP contribution >= 0.6 is 0 Å². The molecular weight excluding hydrogens is 394 g/mol. The van der Waals surface area contributed by atoms with Gasteiger partial charge in [0.15, 0.2) is 11.6 Å². The standard InChI is InChI=1S/C27H41N5/c1-24(2,3)18-16-20(26(7,8)9)31(29-18)22-14-13-15-23(28-22)32-21(27(10,11)12)17-19(30-32)25(4,5)6/h13-17H,1-12H3. The number of aromatic nitrogens is 5. The van der Waals surface area contributed by atoms with Crippen molar-refractivity contribution < 1.29 is 0 Å². The molecule has 3 aromatic rings. The maximum absolute atomic E-state index is 5.05. The molecule has 0 spiro atoms. The Bertz CT molecular complexity index is 1020. The fourth-order valence-electron chi connectivity index (χ4n) is 3.56. The first-order valence-corrected chi connectivity index (χ1v) is 11.6. The second kappa shape index (κ2) is 7.57. The third-order valence-electron chi connectivity index (χ3n) is 5.65. The van der Waals surface area contributed by atoms with E-state index in [1.807, 2.05) is 27.6 Å². The third-order valence-corrected chi connectivity index (χ3v) is 5.65. The molecule has 0 N–H and O–H groups in total. The summed E-state index contributed by atoms with van der Waals surface area (Å²) in [7, 11) is 0. The highest BCUT2D eigenvalue weighted by molar-refractivity contribution is 5.38. The summed E-state index contributed by atoms with van der Waals surface area (Å²) in [6, 6.07) is 10.6. The van der Waals surface area contributed by atoms with E-state index in [1.54, 1.807) is 0 Å². The highest BCUT2D eigenvalue weighted by Crippen LogP contribution is 2.32. The quantitative estimate of drug-likeness (QED) is 0.453. The fourth-order valence-corrected chi connectivity index (χ4v) is 3.56. The molecule has 5 heteroatoms. The number of hydrogen-bond donors (Lipinski definition) is 0. The van der Waals surface area contributed by atoms with Crippen molar-refractivity contribution in [2.75, 3.05) is 0 Å². The van der Waals surface area contributed by atoms with Crippen LogP contribution in [0, 0.1) is 0 Å². The maximum Gasteiger partial charge on any atom is 0.156 e. The Balaban J connectivity index is 2.22. The van der Waals surface area contributed by atoms with Gasteiger partial charge in [-0.05, 0) is 24.3 Å². The van der Waals surface area contributed by atoms with Crippen molar-refractivity contribution >= 4 is 0 Å². The first-order valence-electron chi connectivity index (χ1n) is 11.6. The van der Waals surface area contributed by atoms with Crippen molar-refractivity contribution in [3.05, 3.63) is 53.1 Å². The minimum Gasteiger partial charge on any atom is -0.219 e. The molecule has 0 atom stereocenters. The Kier molecular flexibility index (Phi) is 5.73. The maximum atomic E-state index is 5.05. The Labute approximate surface area is 194 Å². The van der Waals surface area contributed by atoms with E-state index >= 15 is 0 Å². The van der Waals surface area contributed by atoms with Gasteiger partial charge in [0, 0.05) is 21.7 Å². The normalized spacial score (nSPS) is 13.6. The smallest absolute Gasteiger partial charge is 0.156 e. The van der Waals surface area contributed by atoms with Crippen LogP contribution in [0.4, 0.5) is 0 Å². The van der Waals surface area contributed by atoms with Gasteiger partial charge in [-0.1, -0.05) is 89.2 Å². The molecule has 0 aliphatic rings. The Hall–Kier alpha value is -2.43. The van der Waals surface area contributed by atoms with Gasteiger partial charge in [-0.15, -0.1) is 0 Å². The zero-order valence-corrected chi connectivity index (χ0v) is 22.1. The molecule has 5 nitrogen and oxygen atoms in total. The first kappa shape index (κ1) is 24.2. The van der Waals surface area contributed by atoms with Crippen molar-refractivity contribution in [1.82, 2.24) is 24.5 Å². The Morgan fingerprint density at radius 3 is 1.16 bits per heavy atom. The summed E-state index contributed by atoms with van der Waals surface area (Å²) >= 11 is 0. The minimum absolute atomic E-state index is 0.0359. The topological polar surface area (TPSA) is 48.5 Å². The summed E-state index contributed by atoms with van der Waals surface area (Å²) in [5.41, 5.74) is 4.25. The van der Waals surface area contributed by atoms with Crippen LogP contribution < -0.4 is 0 Å². The van der Waals surface area contributed by atoms with Crippen LogP contribution in [0.15, 0.2) is 30.3 Å². The lowest BCUT2D eigenvalue weighted by atomic mass is 9.88. The van der Waals surface area contributed by atoms with Gasteiger partial charge in [0.2, 0.25) is 0 Å². The van der Waals surface area contributed by atoms with Crippen LogP contribution in [-0.2, 0) is 21.7 Å². The van der Waals surface area contributed by atoms with Crippen LogP contribution in [0.1, 0.15) is 106 Å². The summed E-state index contributed by atoms with van der Waals surface area (Å²) in [5, 5.41) is 9.99. The molecule has 3 rings (SSSR count). The first-order chi connectivity index (χ1) is 14.4. The van der Waals surface area contributed by atoms with Crippen LogP contribution in [0.3, 0.4) is 0 Å². The van der Waals surface area contributed by atoms with E-state index in [4.69, 9.17) is 15.2 Å². The summed E-state index contributed by atoms with van der Waals surface area (Å²) in [6.45, 7) is 26.5. The third kappa shape index (κ3) is 4.82. The highest BCUT2D eigenvalue weighted by Gasteiger charge is 2.29. The average Bonchev–Trinajstić information content (AvgIpc) is 3.25. The lowest BCUT2D eigenvalue weighted by molar-refractivity contribution is 0.527. The Morgan fingerprint density at radius 2 is 0.875 bits per heavy atom. The summed E-state index contributed by atoms with van der Waals surface area (Å²) in [5.74, 6) is 1.63. The molecule has 3 heterocycles. The van der Waals surface area contributed by atoms with Crippen molar-refractivity contribution in [3.8, 4) is 11.6 Å². The second-order valence-corrected chi connectivity index (χ2v) is 13.0. The second-order valence-electron chi connectivity index (χ2n) is 13.0. The van der Waals surface area contributed by atoms with Crippen molar-refractivity contribution in [2.45, 2.75) is 105 Å². The van der Waals surface area contributed by atoms with Gasteiger partial charge in [-0.25, -0.2) is 14.3 Å². The molecular formula is C27H41N5.